The van der Waals surface area contributed by atoms with Crippen molar-refractivity contribution >= 4 is 11.6 Å². The van der Waals surface area contributed by atoms with Gasteiger partial charge >= 0.3 is 0 Å². The highest BCUT2D eigenvalue weighted by molar-refractivity contribution is 5.62. The molecule has 18 heavy (non-hydrogen) atoms. The van der Waals surface area contributed by atoms with Crippen LogP contribution in [0.15, 0.2) is 6.33 Å². The maximum Gasteiger partial charge on any atom is 0.205 e. The van der Waals surface area contributed by atoms with Crippen LogP contribution >= 0.6 is 0 Å². The Morgan fingerprint density at radius 2 is 2.17 bits per heavy atom. The number of ether oxygens (including phenoxy) is 1. The number of methoxy groups -OCH3 is 1. The van der Waals surface area contributed by atoms with Crippen molar-refractivity contribution < 1.29 is 4.74 Å². The van der Waals surface area contributed by atoms with Crippen molar-refractivity contribution in [2.24, 2.45) is 17.7 Å². The van der Waals surface area contributed by atoms with Gasteiger partial charge in [-0.05, 0) is 18.3 Å². The van der Waals surface area contributed by atoms with Gasteiger partial charge in [0.25, 0.3) is 0 Å². The molecule has 100 valence electrons. The van der Waals surface area contributed by atoms with E-state index in [0.717, 1.165) is 12.5 Å². The SMILES string of the molecule is COc1c(NN)ncnc1NCC1CCCC1C. The first kappa shape index (κ1) is 12.9. The molecule has 0 bridgehead atoms. The predicted octanol–water partition coefficient (Wildman–Crippen LogP) is 1.62. The van der Waals surface area contributed by atoms with Gasteiger partial charge in [-0.3, -0.25) is 0 Å². The van der Waals surface area contributed by atoms with E-state index in [2.05, 4.69) is 27.6 Å². The molecule has 2 rings (SSSR count). The minimum absolute atomic E-state index is 0.495. The molecule has 0 amide bonds. The summed E-state index contributed by atoms with van der Waals surface area (Å²) in [6.07, 6.45) is 5.40. The van der Waals surface area contributed by atoms with Crippen LogP contribution in [0.1, 0.15) is 26.2 Å². The van der Waals surface area contributed by atoms with Crippen molar-refractivity contribution in [3.8, 4) is 5.75 Å². The summed E-state index contributed by atoms with van der Waals surface area (Å²) in [6.45, 7) is 3.22. The zero-order valence-electron chi connectivity index (χ0n) is 10.9. The fraction of sp³-hybridized carbons (Fsp3) is 0.667. The second-order valence-corrected chi connectivity index (χ2v) is 4.80. The highest BCUT2D eigenvalue weighted by Gasteiger charge is 2.23. The summed E-state index contributed by atoms with van der Waals surface area (Å²) >= 11 is 0. The van der Waals surface area contributed by atoms with Gasteiger partial charge in [-0.2, -0.15) is 0 Å². The summed E-state index contributed by atoms with van der Waals surface area (Å²) in [7, 11) is 1.59. The van der Waals surface area contributed by atoms with E-state index in [1.165, 1.54) is 25.6 Å². The minimum Gasteiger partial charge on any atom is -0.490 e. The Kier molecular flexibility index (Phi) is 4.19. The number of nitrogen functional groups attached to an aromatic ring is 1. The van der Waals surface area contributed by atoms with Gasteiger partial charge < -0.3 is 15.5 Å². The average molecular weight is 251 g/mol. The quantitative estimate of drug-likeness (QED) is 0.544. The molecule has 6 nitrogen and oxygen atoms in total. The van der Waals surface area contributed by atoms with Gasteiger partial charge in [-0.25, -0.2) is 15.8 Å². The van der Waals surface area contributed by atoms with Gasteiger partial charge in [0.05, 0.1) is 7.11 Å². The Balaban J connectivity index is 2.04. The Morgan fingerprint density at radius 3 is 2.78 bits per heavy atom. The van der Waals surface area contributed by atoms with Crippen molar-refractivity contribution in [1.29, 1.82) is 0 Å². The number of hydrazine groups is 1. The number of hydrogen-bond donors (Lipinski definition) is 3. The number of rotatable bonds is 5. The molecule has 1 aromatic rings. The molecule has 0 saturated heterocycles. The van der Waals surface area contributed by atoms with Crippen LogP contribution in [0.2, 0.25) is 0 Å². The molecular weight excluding hydrogens is 230 g/mol. The van der Waals surface area contributed by atoms with Gasteiger partial charge in [-0.15, -0.1) is 0 Å². The minimum atomic E-state index is 0.495. The number of anilines is 2. The number of nitrogens with zero attached hydrogens (tertiary/aromatic N) is 2. The summed E-state index contributed by atoms with van der Waals surface area (Å²) in [4.78, 5) is 8.21. The molecule has 1 heterocycles. The lowest BCUT2D eigenvalue weighted by Crippen LogP contribution is -2.18. The summed E-state index contributed by atoms with van der Waals surface area (Å²) < 4.78 is 5.28. The zero-order valence-corrected chi connectivity index (χ0v) is 10.9. The number of nitrogens with two attached hydrogens (primary N) is 1. The lowest BCUT2D eigenvalue weighted by atomic mass is 9.98. The van der Waals surface area contributed by atoms with Crippen molar-refractivity contribution in [3.05, 3.63) is 6.33 Å². The molecule has 0 spiro atoms. The second kappa shape index (κ2) is 5.86. The molecule has 6 heteroatoms. The molecule has 2 atom stereocenters. The number of aromatic nitrogens is 2. The van der Waals surface area contributed by atoms with Gasteiger partial charge in [0.1, 0.15) is 6.33 Å². The van der Waals surface area contributed by atoms with E-state index >= 15 is 0 Å². The molecule has 0 aliphatic heterocycles. The topological polar surface area (TPSA) is 85.1 Å². The lowest BCUT2D eigenvalue weighted by molar-refractivity contribution is 0.411. The molecule has 4 N–H and O–H groups in total. The molecule has 2 unspecified atom stereocenters. The molecule has 1 aliphatic carbocycles. The molecule has 0 radical (unpaired) electrons. The first-order chi connectivity index (χ1) is 8.76. The fourth-order valence-corrected chi connectivity index (χ4v) is 2.55. The van der Waals surface area contributed by atoms with Crippen LogP contribution in [0, 0.1) is 11.8 Å². The van der Waals surface area contributed by atoms with Gasteiger partial charge in [0, 0.05) is 6.54 Å². The van der Waals surface area contributed by atoms with Crippen LogP contribution in [0.4, 0.5) is 11.6 Å². The van der Waals surface area contributed by atoms with Crippen molar-refractivity contribution in [3.63, 3.8) is 0 Å². The highest BCUT2D eigenvalue weighted by Crippen LogP contribution is 2.33. The summed E-state index contributed by atoms with van der Waals surface area (Å²) in [6, 6.07) is 0. The zero-order chi connectivity index (χ0) is 13.0. The summed E-state index contributed by atoms with van der Waals surface area (Å²) in [5.74, 6) is 8.62. The van der Waals surface area contributed by atoms with E-state index < -0.39 is 0 Å². The Bertz CT molecular complexity index is 398. The van der Waals surface area contributed by atoms with Crippen LogP contribution in [0.5, 0.6) is 5.75 Å². The van der Waals surface area contributed by atoms with E-state index in [1.54, 1.807) is 7.11 Å². The normalized spacial score (nSPS) is 22.8. The molecule has 1 aromatic heterocycles. The van der Waals surface area contributed by atoms with Crippen LogP contribution in [0.25, 0.3) is 0 Å². The predicted molar refractivity (Wildman–Crippen MR) is 71.4 cm³/mol. The fourth-order valence-electron chi connectivity index (χ4n) is 2.55. The third-order valence-electron chi connectivity index (χ3n) is 3.72. The van der Waals surface area contributed by atoms with Crippen LogP contribution in [-0.2, 0) is 0 Å². The van der Waals surface area contributed by atoms with E-state index in [9.17, 15) is 0 Å². The van der Waals surface area contributed by atoms with E-state index in [4.69, 9.17) is 10.6 Å². The molecule has 1 saturated carbocycles. The largest absolute Gasteiger partial charge is 0.490 e. The van der Waals surface area contributed by atoms with E-state index in [1.807, 2.05) is 0 Å². The highest BCUT2D eigenvalue weighted by atomic mass is 16.5. The van der Waals surface area contributed by atoms with Crippen molar-refractivity contribution in [2.75, 3.05) is 24.4 Å². The Hall–Kier alpha value is -1.56. The Morgan fingerprint density at radius 1 is 1.39 bits per heavy atom. The monoisotopic (exact) mass is 251 g/mol. The third kappa shape index (κ3) is 2.64. The number of nitrogens with one attached hydrogen (secondary N) is 2. The average Bonchev–Trinajstić information content (AvgIpc) is 2.81. The van der Waals surface area contributed by atoms with Gasteiger partial charge in [0.15, 0.2) is 11.6 Å². The first-order valence-electron chi connectivity index (χ1n) is 6.35. The molecule has 0 aromatic carbocycles. The number of hydrogen-bond acceptors (Lipinski definition) is 6. The first-order valence-corrected chi connectivity index (χ1v) is 6.35. The van der Waals surface area contributed by atoms with Gasteiger partial charge in [0.2, 0.25) is 5.75 Å². The standard InChI is InChI=1S/C12H21N5O/c1-8-4-3-5-9(8)6-14-11-10(18-2)12(17-13)16-7-15-11/h7-9H,3-6,13H2,1-2H3,(H2,14,15,16,17). The second-order valence-electron chi connectivity index (χ2n) is 4.80. The van der Waals surface area contributed by atoms with Crippen molar-refractivity contribution in [2.45, 2.75) is 26.2 Å². The summed E-state index contributed by atoms with van der Waals surface area (Å²) in [5.41, 5.74) is 2.51. The van der Waals surface area contributed by atoms with Gasteiger partial charge in [-0.1, -0.05) is 19.8 Å². The van der Waals surface area contributed by atoms with Crippen LogP contribution in [-0.4, -0.2) is 23.6 Å². The summed E-state index contributed by atoms with van der Waals surface area (Å²) in [5, 5.41) is 3.34. The van der Waals surface area contributed by atoms with Crippen LogP contribution < -0.4 is 21.3 Å². The third-order valence-corrected chi connectivity index (χ3v) is 3.72. The van der Waals surface area contributed by atoms with E-state index in [0.29, 0.717) is 23.3 Å². The molecule has 1 fully saturated rings. The van der Waals surface area contributed by atoms with E-state index in [-0.39, 0.29) is 0 Å². The smallest absolute Gasteiger partial charge is 0.205 e. The van der Waals surface area contributed by atoms with Crippen LogP contribution in [0.3, 0.4) is 0 Å². The Labute approximate surface area is 107 Å². The molecular formula is C12H21N5O. The van der Waals surface area contributed by atoms with Crippen molar-refractivity contribution in [1.82, 2.24) is 9.97 Å². The lowest BCUT2D eigenvalue weighted by Gasteiger charge is -2.18. The maximum atomic E-state index is 5.39. The molecule has 1 aliphatic rings. The maximum absolute atomic E-state index is 5.39.